The molecule has 14 heavy (non-hydrogen) atoms. The molecular formula is C5H12Cl4O3Si2. The van der Waals surface area contributed by atoms with Crippen molar-refractivity contribution in [3.05, 3.63) is 0 Å². The zero-order valence-corrected chi connectivity index (χ0v) is 11.6. The van der Waals surface area contributed by atoms with Crippen molar-refractivity contribution in [2.45, 2.75) is 20.3 Å². The van der Waals surface area contributed by atoms with Crippen LogP contribution in [0.3, 0.4) is 0 Å². The molecule has 9 heteroatoms. The monoisotopic (exact) mass is 316 g/mol. The molecule has 1 fully saturated rings. The Morgan fingerprint density at radius 1 is 1.00 bits per heavy atom. The van der Waals surface area contributed by atoms with Crippen molar-refractivity contribution < 1.29 is 13.7 Å². The maximum atomic E-state index is 8.40. The van der Waals surface area contributed by atoms with Crippen molar-refractivity contribution in [2.75, 3.05) is 13.2 Å². The van der Waals surface area contributed by atoms with Crippen LogP contribution in [0.1, 0.15) is 20.3 Å². The molecule has 1 heterocycles. The normalized spacial score (nSPS) is 13.4. The summed E-state index contributed by atoms with van der Waals surface area (Å²) in [5.74, 6) is 0. The molecule has 0 atom stereocenters. The molecule has 0 saturated carbocycles. The lowest BCUT2D eigenvalue weighted by Gasteiger charge is -1.85. The molecule has 1 rings (SSSR count). The maximum absolute atomic E-state index is 8.40. The maximum Gasteiger partial charge on any atom is 0.549 e. The van der Waals surface area contributed by atoms with Crippen LogP contribution in [-0.4, -0.2) is 27.8 Å². The molecule has 0 spiro atoms. The van der Waals surface area contributed by atoms with Gasteiger partial charge in [0, 0.05) is 13.2 Å². The molecule has 0 aromatic heterocycles. The van der Waals surface area contributed by atoms with Gasteiger partial charge in [-0.25, -0.2) is 0 Å². The summed E-state index contributed by atoms with van der Waals surface area (Å²) in [4.78, 5) is 0. The van der Waals surface area contributed by atoms with Crippen molar-refractivity contribution in [1.82, 2.24) is 0 Å². The van der Waals surface area contributed by atoms with E-state index in [1.165, 1.54) is 12.8 Å². The summed E-state index contributed by atoms with van der Waals surface area (Å²) in [5.41, 5.74) is 0. The standard InChI is InChI=1S/C4H8O.CH4.Cl4Si.O2Si/c1-2-4-5-3-1;;1-5(2,3)4;1-3-2/h1-4H2;1H4;;. The van der Waals surface area contributed by atoms with E-state index in [2.05, 4.69) is 0 Å². The second-order valence-corrected chi connectivity index (χ2v) is 13.1. The van der Waals surface area contributed by atoms with E-state index in [0.717, 1.165) is 13.2 Å². The largest absolute Gasteiger partial charge is 0.549 e. The predicted molar refractivity (Wildman–Crippen MR) is 63.1 cm³/mol. The smallest absolute Gasteiger partial charge is 0.381 e. The van der Waals surface area contributed by atoms with Crippen LogP contribution in [0.4, 0.5) is 0 Å². The Kier molecular flexibility index (Phi) is 20.8. The van der Waals surface area contributed by atoms with Crippen molar-refractivity contribution >= 4 is 58.9 Å². The van der Waals surface area contributed by atoms with E-state index in [1.807, 2.05) is 0 Å². The molecule has 1 aliphatic heterocycles. The van der Waals surface area contributed by atoms with Crippen molar-refractivity contribution in [2.24, 2.45) is 0 Å². The average molecular weight is 318 g/mol. The van der Waals surface area contributed by atoms with E-state index in [4.69, 9.17) is 58.0 Å². The lowest BCUT2D eigenvalue weighted by Crippen LogP contribution is -1.91. The Morgan fingerprint density at radius 3 is 1.29 bits per heavy atom. The Morgan fingerprint density at radius 2 is 1.21 bits per heavy atom. The minimum Gasteiger partial charge on any atom is -0.381 e. The molecule has 0 aliphatic carbocycles. The SMILES string of the molecule is C.C1CCOC1.Cl[Si](Cl)(Cl)Cl.O=[Si]=O. The number of rotatable bonds is 0. The van der Waals surface area contributed by atoms with Gasteiger partial charge >= 0.3 is 14.6 Å². The highest BCUT2D eigenvalue weighted by molar-refractivity contribution is 7.81. The van der Waals surface area contributed by atoms with Gasteiger partial charge in [-0.2, -0.15) is 0 Å². The molecule has 86 valence electrons. The first-order valence-corrected chi connectivity index (χ1v) is 10.1. The van der Waals surface area contributed by atoms with Gasteiger partial charge in [-0.05, 0) is 12.8 Å². The highest BCUT2D eigenvalue weighted by Gasteiger charge is 2.19. The second-order valence-electron chi connectivity index (χ2n) is 1.83. The fourth-order valence-corrected chi connectivity index (χ4v) is 0.510. The van der Waals surface area contributed by atoms with Gasteiger partial charge in [-0.15, -0.1) is 44.3 Å². The molecule has 0 bridgehead atoms. The van der Waals surface area contributed by atoms with E-state index < -0.39 is 14.6 Å². The van der Waals surface area contributed by atoms with Gasteiger partial charge in [0.05, 0.1) is 0 Å². The quantitative estimate of drug-likeness (QED) is 0.509. The Balaban J connectivity index is -0.000000130. The Hall–Kier alpha value is 1.15. The first-order chi connectivity index (χ1) is 5.91. The molecular weight excluding hydrogens is 306 g/mol. The summed E-state index contributed by atoms with van der Waals surface area (Å²) in [6.07, 6.45) is 2.56. The van der Waals surface area contributed by atoms with Crippen LogP contribution in [0, 0.1) is 0 Å². The second kappa shape index (κ2) is 14.2. The van der Waals surface area contributed by atoms with Gasteiger partial charge in [-0.1, -0.05) is 7.43 Å². The molecule has 1 saturated heterocycles. The summed E-state index contributed by atoms with van der Waals surface area (Å²) >= 11 is 19.9. The van der Waals surface area contributed by atoms with E-state index >= 15 is 0 Å². The van der Waals surface area contributed by atoms with Gasteiger partial charge in [-0.3, -0.25) is 8.92 Å². The molecule has 0 unspecified atom stereocenters. The average Bonchev–Trinajstić information content (AvgIpc) is 2.36. The fourth-order valence-electron chi connectivity index (χ4n) is 0.510. The molecule has 3 nitrogen and oxygen atoms in total. The number of halogens is 4. The molecule has 0 aromatic carbocycles. The summed E-state index contributed by atoms with van der Waals surface area (Å²) < 4.78 is 21.8. The minimum absolute atomic E-state index is 0. The predicted octanol–water partition coefficient (Wildman–Crippen LogP) is 3.19. The van der Waals surface area contributed by atoms with Crippen molar-refractivity contribution in [1.29, 1.82) is 0 Å². The van der Waals surface area contributed by atoms with Crippen LogP contribution in [0.2, 0.25) is 0 Å². The summed E-state index contributed by atoms with van der Waals surface area (Å²) in [6.45, 7) is 2.00. The molecule has 0 aromatic rings. The topological polar surface area (TPSA) is 43.4 Å². The zero-order valence-electron chi connectivity index (χ0n) is 6.57. The van der Waals surface area contributed by atoms with Crippen LogP contribution < -0.4 is 0 Å². The van der Waals surface area contributed by atoms with E-state index in [-0.39, 0.29) is 7.43 Å². The van der Waals surface area contributed by atoms with Gasteiger partial charge < -0.3 is 4.74 Å². The van der Waals surface area contributed by atoms with Crippen LogP contribution in [-0.2, 0) is 13.7 Å². The van der Waals surface area contributed by atoms with Crippen molar-refractivity contribution in [3.63, 3.8) is 0 Å². The highest BCUT2D eigenvalue weighted by Crippen LogP contribution is 2.23. The fraction of sp³-hybridized carbons (Fsp3) is 1.00. The van der Waals surface area contributed by atoms with Crippen LogP contribution in [0.5, 0.6) is 0 Å². The lowest BCUT2D eigenvalue weighted by molar-refractivity contribution is 0.198. The van der Waals surface area contributed by atoms with E-state index in [0.29, 0.717) is 0 Å². The zero-order chi connectivity index (χ0) is 10.7. The van der Waals surface area contributed by atoms with Crippen LogP contribution in [0.15, 0.2) is 0 Å². The summed E-state index contributed by atoms with van der Waals surface area (Å²) in [5, 5.41) is -2.72. The first-order valence-electron chi connectivity index (χ1n) is 3.24. The van der Waals surface area contributed by atoms with Gasteiger partial charge in [0.15, 0.2) is 0 Å². The number of hydrogen-bond donors (Lipinski definition) is 0. The van der Waals surface area contributed by atoms with Gasteiger partial charge in [0.1, 0.15) is 0 Å². The first kappa shape index (κ1) is 20.6. The lowest BCUT2D eigenvalue weighted by atomic mass is 10.4. The molecule has 0 amide bonds. The highest BCUT2D eigenvalue weighted by atomic mass is 36.0. The third-order valence-electron chi connectivity index (χ3n) is 0.827. The van der Waals surface area contributed by atoms with Crippen LogP contribution >= 0.6 is 44.3 Å². The third kappa shape index (κ3) is 51.3. The molecule has 0 N–H and O–H groups in total. The van der Waals surface area contributed by atoms with Crippen LogP contribution in [0.25, 0.3) is 0 Å². The van der Waals surface area contributed by atoms with E-state index in [1.54, 1.807) is 0 Å². The van der Waals surface area contributed by atoms with Gasteiger partial charge in [0.2, 0.25) is 0 Å². The molecule has 1 aliphatic rings. The Bertz CT molecular complexity index is 129. The van der Waals surface area contributed by atoms with Gasteiger partial charge in [0.25, 0.3) is 0 Å². The number of hydrogen-bond acceptors (Lipinski definition) is 3. The minimum atomic E-state index is -2.72. The number of ether oxygens (including phenoxy) is 1. The Labute approximate surface area is 106 Å². The molecule has 0 radical (unpaired) electrons. The third-order valence-corrected chi connectivity index (χ3v) is 0.827. The summed E-state index contributed by atoms with van der Waals surface area (Å²) in [7, 11) is -1.42. The van der Waals surface area contributed by atoms with Crippen molar-refractivity contribution in [3.8, 4) is 0 Å². The van der Waals surface area contributed by atoms with E-state index in [9.17, 15) is 0 Å². The summed E-state index contributed by atoms with van der Waals surface area (Å²) in [6, 6.07) is 0.